The van der Waals surface area contributed by atoms with Crippen LogP contribution in [0.3, 0.4) is 0 Å². The number of aryl methyl sites for hydroxylation is 1. The number of hydrogen-bond acceptors (Lipinski definition) is 2. The number of carbonyl (C=O) groups is 1. The molecule has 0 heterocycles. The molecular formula is C17H26N2O. The van der Waals surface area contributed by atoms with Crippen LogP contribution in [0.15, 0.2) is 18.2 Å². The van der Waals surface area contributed by atoms with Gasteiger partial charge in [-0.05, 0) is 50.3 Å². The predicted molar refractivity (Wildman–Crippen MR) is 84.2 cm³/mol. The van der Waals surface area contributed by atoms with Gasteiger partial charge in [-0.2, -0.15) is 0 Å². The maximum atomic E-state index is 12.4. The van der Waals surface area contributed by atoms with Crippen LogP contribution >= 0.6 is 0 Å². The van der Waals surface area contributed by atoms with E-state index in [1.54, 1.807) is 0 Å². The molecule has 1 saturated carbocycles. The smallest absolute Gasteiger partial charge is 0.253 e. The van der Waals surface area contributed by atoms with E-state index in [-0.39, 0.29) is 11.9 Å². The number of nitrogens with one attached hydrogen (secondary N) is 2. The Kier molecular flexibility index (Phi) is 5.05. The minimum atomic E-state index is 0.0347. The van der Waals surface area contributed by atoms with Gasteiger partial charge in [-0.25, -0.2) is 0 Å². The van der Waals surface area contributed by atoms with Crippen molar-refractivity contribution in [2.75, 3.05) is 12.4 Å². The Balaban J connectivity index is 2.03. The highest BCUT2D eigenvalue weighted by Crippen LogP contribution is 2.26. The third-order valence-electron chi connectivity index (χ3n) is 4.40. The lowest BCUT2D eigenvalue weighted by molar-refractivity contribution is 0.0920. The normalized spacial score (nSPS) is 17.6. The fourth-order valence-corrected chi connectivity index (χ4v) is 3.10. The van der Waals surface area contributed by atoms with Crippen LogP contribution in [0.4, 0.5) is 5.69 Å². The molecule has 2 rings (SSSR count). The lowest BCUT2D eigenvalue weighted by Crippen LogP contribution is -2.39. The van der Waals surface area contributed by atoms with Gasteiger partial charge in [0.15, 0.2) is 0 Å². The Bertz CT molecular complexity index is 464. The average molecular weight is 274 g/mol. The zero-order chi connectivity index (χ0) is 14.5. The third-order valence-corrected chi connectivity index (χ3v) is 4.40. The van der Waals surface area contributed by atoms with Crippen molar-refractivity contribution in [1.29, 1.82) is 0 Å². The Morgan fingerprint density at radius 1 is 1.25 bits per heavy atom. The molecule has 1 amide bonds. The lowest BCUT2D eigenvalue weighted by Gasteiger charge is -2.28. The minimum absolute atomic E-state index is 0.0347. The first-order chi connectivity index (χ1) is 9.61. The van der Waals surface area contributed by atoms with E-state index in [1.807, 2.05) is 32.2 Å². The maximum Gasteiger partial charge on any atom is 0.253 e. The number of benzene rings is 1. The fraction of sp³-hybridized carbons (Fsp3) is 0.588. The molecule has 0 spiro atoms. The standard InChI is InChI=1S/C17H26N2O/c1-12-9-10-15(16(11-12)18-3)17(20)19-13(2)14-7-5-4-6-8-14/h9-11,13-14,18H,4-8H2,1-3H3,(H,19,20). The molecule has 0 bridgehead atoms. The van der Waals surface area contributed by atoms with Crippen molar-refractivity contribution in [3.8, 4) is 0 Å². The first-order valence-electron chi connectivity index (χ1n) is 7.71. The molecule has 0 radical (unpaired) electrons. The zero-order valence-electron chi connectivity index (χ0n) is 12.8. The zero-order valence-corrected chi connectivity index (χ0v) is 12.8. The van der Waals surface area contributed by atoms with Gasteiger partial charge in [0.2, 0.25) is 0 Å². The first-order valence-corrected chi connectivity index (χ1v) is 7.71. The maximum absolute atomic E-state index is 12.4. The lowest BCUT2D eigenvalue weighted by atomic mass is 9.84. The highest BCUT2D eigenvalue weighted by molar-refractivity contribution is 5.99. The summed E-state index contributed by atoms with van der Waals surface area (Å²) >= 11 is 0. The molecule has 20 heavy (non-hydrogen) atoms. The number of amides is 1. The largest absolute Gasteiger partial charge is 0.387 e. The Hall–Kier alpha value is -1.51. The van der Waals surface area contributed by atoms with Crippen molar-refractivity contribution in [2.45, 2.75) is 52.0 Å². The monoisotopic (exact) mass is 274 g/mol. The summed E-state index contributed by atoms with van der Waals surface area (Å²) in [5.74, 6) is 0.670. The van der Waals surface area contributed by atoms with Crippen LogP contribution < -0.4 is 10.6 Å². The van der Waals surface area contributed by atoms with Crippen molar-refractivity contribution in [2.24, 2.45) is 5.92 Å². The number of hydrogen-bond donors (Lipinski definition) is 2. The summed E-state index contributed by atoms with van der Waals surface area (Å²) in [7, 11) is 1.86. The van der Waals surface area contributed by atoms with E-state index < -0.39 is 0 Å². The second-order valence-electron chi connectivity index (χ2n) is 5.96. The Morgan fingerprint density at radius 2 is 1.95 bits per heavy atom. The Labute approximate surface area is 122 Å². The second kappa shape index (κ2) is 6.78. The van der Waals surface area contributed by atoms with Gasteiger partial charge in [0.05, 0.1) is 5.56 Å². The van der Waals surface area contributed by atoms with Crippen LogP contribution in [0, 0.1) is 12.8 Å². The summed E-state index contributed by atoms with van der Waals surface area (Å²) < 4.78 is 0. The Morgan fingerprint density at radius 3 is 2.60 bits per heavy atom. The molecule has 110 valence electrons. The van der Waals surface area contributed by atoms with E-state index in [0.29, 0.717) is 5.92 Å². The third kappa shape index (κ3) is 3.53. The minimum Gasteiger partial charge on any atom is -0.387 e. The van der Waals surface area contributed by atoms with Crippen molar-refractivity contribution in [1.82, 2.24) is 5.32 Å². The molecule has 1 aromatic rings. The van der Waals surface area contributed by atoms with E-state index in [2.05, 4.69) is 17.6 Å². The van der Waals surface area contributed by atoms with Gasteiger partial charge < -0.3 is 10.6 Å². The number of anilines is 1. The molecule has 0 aliphatic heterocycles. The van der Waals surface area contributed by atoms with E-state index in [4.69, 9.17) is 0 Å². The van der Waals surface area contributed by atoms with Crippen LogP contribution in [0.25, 0.3) is 0 Å². The molecule has 1 fully saturated rings. The van der Waals surface area contributed by atoms with E-state index in [9.17, 15) is 4.79 Å². The summed E-state index contributed by atoms with van der Waals surface area (Å²) in [4.78, 5) is 12.4. The highest BCUT2D eigenvalue weighted by Gasteiger charge is 2.22. The molecule has 0 saturated heterocycles. The van der Waals surface area contributed by atoms with Crippen molar-refractivity contribution in [3.05, 3.63) is 29.3 Å². The number of carbonyl (C=O) groups excluding carboxylic acids is 1. The molecule has 3 nitrogen and oxygen atoms in total. The molecule has 2 N–H and O–H groups in total. The van der Waals surface area contributed by atoms with Crippen LogP contribution in [0.1, 0.15) is 54.9 Å². The van der Waals surface area contributed by atoms with Gasteiger partial charge in [-0.15, -0.1) is 0 Å². The molecule has 1 unspecified atom stereocenters. The van der Waals surface area contributed by atoms with Gasteiger partial charge in [-0.3, -0.25) is 4.79 Å². The van der Waals surface area contributed by atoms with Gasteiger partial charge in [0, 0.05) is 18.8 Å². The molecular weight excluding hydrogens is 248 g/mol. The molecule has 0 aromatic heterocycles. The summed E-state index contributed by atoms with van der Waals surface area (Å²) in [5.41, 5.74) is 2.80. The second-order valence-corrected chi connectivity index (χ2v) is 5.96. The predicted octanol–water partition coefficient (Wildman–Crippen LogP) is 3.74. The summed E-state index contributed by atoms with van der Waals surface area (Å²) in [6.45, 7) is 4.17. The summed E-state index contributed by atoms with van der Waals surface area (Å²) in [6.07, 6.45) is 6.44. The van der Waals surface area contributed by atoms with Crippen molar-refractivity contribution >= 4 is 11.6 Å². The number of rotatable bonds is 4. The van der Waals surface area contributed by atoms with E-state index in [0.717, 1.165) is 16.8 Å². The van der Waals surface area contributed by atoms with Gasteiger partial charge in [0.1, 0.15) is 0 Å². The molecule has 1 aromatic carbocycles. The van der Waals surface area contributed by atoms with E-state index in [1.165, 1.54) is 32.1 Å². The van der Waals surface area contributed by atoms with Crippen LogP contribution in [-0.4, -0.2) is 19.0 Å². The van der Waals surface area contributed by atoms with Crippen LogP contribution in [0.2, 0.25) is 0 Å². The topological polar surface area (TPSA) is 41.1 Å². The molecule has 1 atom stereocenters. The SMILES string of the molecule is CNc1cc(C)ccc1C(=O)NC(C)C1CCCCC1. The first kappa shape index (κ1) is 14.9. The van der Waals surface area contributed by atoms with Gasteiger partial charge in [0.25, 0.3) is 5.91 Å². The van der Waals surface area contributed by atoms with Crippen LogP contribution in [-0.2, 0) is 0 Å². The van der Waals surface area contributed by atoms with Gasteiger partial charge >= 0.3 is 0 Å². The summed E-state index contributed by atoms with van der Waals surface area (Å²) in [6, 6.07) is 6.17. The van der Waals surface area contributed by atoms with Crippen molar-refractivity contribution < 1.29 is 4.79 Å². The summed E-state index contributed by atoms with van der Waals surface area (Å²) in [5, 5.41) is 6.29. The fourth-order valence-electron chi connectivity index (χ4n) is 3.10. The quantitative estimate of drug-likeness (QED) is 0.878. The molecule has 1 aliphatic carbocycles. The van der Waals surface area contributed by atoms with Crippen molar-refractivity contribution in [3.63, 3.8) is 0 Å². The van der Waals surface area contributed by atoms with Crippen LogP contribution in [0.5, 0.6) is 0 Å². The molecule has 1 aliphatic rings. The van der Waals surface area contributed by atoms with E-state index >= 15 is 0 Å². The average Bonchev–Trinajstić information content (AvgIpc) is 2.47. The molecule has 3 heteroatoms. The highest BCUT2D eigenvalue weighted by atomic mass is 16.1. The van der Waals surface area contributed by atoms with Gasteiger partial charge in [-0.1, -0.05) is 25.3 Å².